The van der Waals surface area contributed by atoms with Gasteiger partial charge in [0.15, 0.2) is 0 Å². The third-order valence-corrected chi connectivity index (χ3v) is 2.10. The third kappa shape index (κ3) is 1.14. The van der Waals surface area contributed by atoms with Crippen LogP contribution in [0.2, 0.25) is 0 Å². The first-order valence-electron chi connectivity index (χ1n) is 2.82. The van der Waals surface area contributed by atoms with Gasteiger partial charge in [0.05, 0.1) is 25.9 Å². The molecule has 1 aromatic heterocycles. The number of rotatable bonds is 1. The van der Waals surface area contributed by atoms with Gasteiger partial charge in [0, 0.05) is 0 Å². The number of aryl methyl sites for hydroxylation is 2. The summed E-state index contributed by atoms with van der Waals surface area (Å²) in [5, 5.41) is 11.3. The van der Waals surface area contributed by atoms with Crippen molar-refractivity contribution in [2.24, 2.45) is 14.1 Å². The van der Waals surface area contributed by atoms with Gasteiger partial charge >= 0.3 is 5.16 Å². The summed E-state index contributed by atoms with van der Waals surface area (Å²) in [5.74, 6) is 0. The van der Waals surface area contributed by atoms with Crippen molar-refractivity contribution < 1.29 is 4.57 Å². The molecule has 0 spiro atoms. The SMILES string of the molecule is Cn1cc[n+](C)c1SC#N. The molecule has 0 radical (unpaired) electrons. The van der Waals surface area contributed by atoms with Gasteiger partial charge in [-0.05, 0) is 0 Å². The van der Waals surface area contributed by atoms with Crippen LogP contribution < -0.4 is 4.57 Å². The third-order valence-electron chi connectivity index (χ3n) is 1.25. The summed E-state index contributed by atoms with van der Waals surface area (Å²) < 4.78 is 3.82. The number of hydrogen-bond acceptors (Lipinski definition) is 2. The van der Waals surface area contributed by atoms with E-state index >= 15 is 0 Å². The predicted molar refractivity (Wildman–Crippen MR) is 38.1 cm³/mol. The molecule has 10 heavy (non-hydrogen) atoms. The van der Waals surface area contributed by atoms with Crippen LogP contribution in [0.5, 0.6) is 0 Å². The summed E-state index contributed by atoms with van der Waals surface area (Å²) in [6.45, 7) is 0. The fraction of sp³-hybridized carbons (Fsp3) is 0.333. The average Bonchev–Trinajstić information content (AvgIpc) is 2.20. The number of nitrogens with zero attached hydrogens (tertiary/aromatic N) is 3. The standard InChI is InChI=1S/C6H8N3S/c1-8-3-4-9(2)6(8)10-5-7/h3-4H,1-2H3/q+1. The second-order valence-corrected chi connectivity index (χ2v) is 2.75. The van der Waals surface area contributed by atoms with E-state index < -0.39 is 0 Å². The van der Waals surface area contributed by atoms with Crippen LogP contribution in [0.15, 0.2) is 17.6 Å². The number of aromatic nitrogens is 2. The average molecular weight is 154 g/mol. The number of imidazole rings is 1. The molecule has 3 nitrogen and oxygen atoms in total. The highest BCUT2D eigenvalue weighted by atomic mass is 32.2. The molecule has 4 heteroatoms. The molecule has 0 aliphatic carbocycles. The number of hydrogen-bond donors (Lipinski definition) is 0. The predicted octanol–water partition coefficient (Wildman–Crippen LogP) is 0.423. The number of thioether (sulfide) groups is 1. The van der Waals surface area contributed by atoms with Crippen LogP contribution in [0.1, 0.15) is 0 Å². The number of thiocyanates is 1. The second-order valence-electron chi connectivity index (χ2n) is 2.00. The van der Waals surface area contributed by atoms with Crippen LogP contribution in [-0.4, -0.2) is 4.57 Å². The van der Waals surface area contributed by atoms with Crippen molar-refractivity contribution in [1.82, 2.24) is 4.57 Å². The van der Waals surface area contributed by atoms with Gasteiger partial charge in [0.2, 0.25) is 0 Å². The lowest BCUT2D eigenvalue weighted by molar-refractivity contribution is -0.709. The Morgan fingerprint density at radius 3 is 2.90 bits per heavy atom. The minimum atomic E-state index is 0.947. The zero-order valence-corrected chi connectivity index (χ0v) is 6.72. The molecule has 0 saturated heterocycles. The van der Waals surface area contributed by atoms with Gasteiger partial charge in [-0.15, -0.1) is 0 Å². The quantitative estimate of drug-likeness (QED) is 0.334. The molecule has 0 unspecified atom stereocenters. The van der Waals surface area contributed by atoms with E-state index in [1.54, 1.807) is 0 Å². The Labute approximate surface area is 63.9 Å². The van der Waals surface area contributed by atoms with Crippen LogP contribution in [-0.2, 0) is 14.1 Å². The zero-order valence-electron chi connectivity index (χ0n) is 5.90. The molecule has 1 aromatic rings. The Morgan fingerprint density at radius 1 is 1.80 bits per heavy atom. The fourth-order valence-corrected chi connectivity index (χ4v) is 1.25. The maximum atomic E-state index is 8.37. The fourth-order valence-electron chi connectivity index (χ4n) is 0.761. The van der Waals surface area contributed by atoms with Crippen LogP contribution in [0.4, 0.5) is 0 Å². The van der Waals surface area contributed by atoms with Crippen molar-refractivity contribution in [3.05, 3.63) is 12.4 Å². The van der Waals surface area contributed by atoms with Crippen molar-refractivity contribution in [3.63, 3.8) is 0 Å². The normalized spacial score (nSPS) is 9.30. The van der Waals surface area contributed by atoms with Gasteiger partial charge in [-0.3, -0.25) is 0 Å². The highest BCUT2D eigenvalue weighted by Crippen LogP contribution is 2.09. The molecule has 0 amide bonds. The van der Waals surface area contributed by atoms with Crippen molar-refractivity contribution in [2.45, 2.75) is 5.16 Å². The van der Waals surface area contributed by atoms with Crippen molar-refractivity contribution in [3.8, 4) is 5.40 Å². The molecule has 0 aliphatic heterocycles. The molecule has 0 N–H and O–H groups in total. The maximum absolute atomic E-state index is 8.37. The summed E-state index contributed by atoms with van der Waals surface area (Å²) >= 11 is 1.17. The summed E-state index contributed by atoms with van der Waals surface area (Å²) in [6.07, 6.45) is 3.83. The monoisotopic (exact) mass is 154 g/mol. The van der Waals surface area contributed by atoms with Crippen molar-refractivity contribution >= 4 is 11.8 Å². The molecular formula is C6H8N3S+. The highest BCUT2D eigenvalue weighted by molar-refractivity contribution is 8.03. The van der Waals surface area contributed by atoms with E-state index in [-0.39, 0.29) is 0 Å². The zero-order chi connectivity index (χ0) is 7.56. The molecule has 0 bridgehead atoms. The second kappa shape index (κ2) is 2.76. The van der Waals surface area contributed by atoms with Crippen LogP contribution >= 0.6 is 11.8 Å². The van der Waals surface area contributed by atoms with Crippen LogP contribution in [0.3, 0.4) is 0 Å². The molecule has 0 aromatic carbocycles. The Bertz CT molecular complexity index is 252. The first-order valence-corrected chi connectivity index (χ1v) is 3.64. The topological polar surface area (TPSA) is 32.6 Å². The molecular weight excluding hydrogens is 146 g/mol. The molecule has 0 saturated carbocycles. The van der Waals surface area contributed by atoms with Gasteiger partial charge in [-0.2, -0.15) is 5.26 Å². The number of nitriles is 1. The van der Waals surface area contributed by atoms with Gasteiger partial charge < -0.3 is 0 Å². The minimum Gasteiger partial charge on any atom is -0.226 e. The largest absolute Gasteiger partial charge is 0.332 e. The summed E-state index contributed by atoms with van der Waals surface area (Å²) in [7, 11) is 3.83. The molecule has 1 heterocycles. The van der Waals surface area contributed by atoms with E-state index in [4.69, 9.17) is 5.26 Å². The Kier molecular flexibility index (Phi) is 1.97. The molecule has 0 aliphatic rings. The molecule has 1 rings (SSSR count). The molecule has 0 fully saturated rings. The molecule has 0 atom stereocenters. The van der Waals surface area contributed by atoms with Gasteiger partial charge in [0.25, 0.3) is 0 Å². The van der Waals surface area contributed by atoms with Crippen molar-refractivity contribution in [2.75, 3.05) is 0 Å². The maximum Gasteiger partial charge on any atom is 0.332 e. The van der Waals surface area contributed by atoms with Gasteiger partial charge in [-0.1, -0.05) is 0 Å². The Balaban J connectivity index is 3.01. The van der Waals surface area contributed by atoms with Gasteiger partial charge in [0.1, 0.15) is 17.8 Å². The Hall–Kier alpha value is -0.950. The van der Waals surface area contributed by atoms with E-state index in [1.165, 1.54) is 11.8 Å². The highest BCUT2D eigenvalue weighted by Gasteiger charge is 2.10. The van der Waals surface area contributed by atoms with E-state index in [9.17, 15) is 0 Å². The first-order chi connectivity index (χ1) is 4.75. The summed E-state index contributed by atoms with van der Waals surface area (Å²) in [4.78, 5) is 0. The minimum absolute atomic E-state index is 0.947. The van der Waals surface area contributed by atoms with E-state index in [1.807, 2.05) is 41.0 Å². The lowest BCUT2D eigenvalue weighted by atomic mass is 10.9. The first kappa shape index (κ1) is 7.16. The molecule has 52 valence electrons. The summed E-state index contributed by atoms with van der Waals surface area (Å²) in [5.41, 5.74) is 0. The smallest absolute Gasteiger partial charge is 0.226 e. The Morgan fingerprint density at radius 2 is 2.50 bits per heavy atom. The van der Waals surface area contributed by atoms with Gasteiger partial charge in [-0.25, -0.2) is 9.13 Å². The van der Waals surface area contributed by atoms with Crippen molar-refractivity contribution in [1.29, 1.82) is 5.26 Å². The van der Waals surface area contributed by atoms with Crippen LogP contribution in [0.25, 0.3) is 0 Å². The lowest BCUT2D eigenvalue weighted by Crippen LogP contribution is -2.28. The van der Waals surface area contributed by atoms with E-state index in [2.05, 4.69) is 0 Å². The summed E-state index contributed by atoms with van der Waals surface area (Å²) in [6, 6.07) is 0. The van der Waals surface area contributed by atoms with E-state index in [0.29, 0.717) is 0 Å². The van der Waals surface area contributed by atoms with Crippen LogP contribution in [0, 0.1) is 10.7 Å². The van der Waals surface area contributed by atoms with E-state index in [0.717, 1.165) is 5.16 Å². The lowest BCUT2D eigenvalue weighted by Gasteiger charge is -1.87.